The van der Waals surface area contributed by atoms with Crippen molar-refractivity contribution in [2.24, 2.45) is 5.73 Å². The molecule has 0 aromatic heterocycles. The number of nitro groups is 1. The highest BCUT2D eigenvalue weighted by atomic mass is 35.5. The normalized spacial score (nSPS) is 9.88. The van der Waals surface area contributed by atoms with Crippen LogP contribution in [-0.2, 0) is 0 Å². The van der Waals surface area contributed by atoms with Crippen molar-refractivity contribution in [1.82, 2.24) is 4.72 Å². The molecule has 0 heterocycles. The fraction of sp³-hybridized carbons (Fsp3) is 0. The van der Waals surface area contributed by atoms with Gasteiger partial charge in [0.1, 0.15) is 0 Å². The fourth-order valence-corrected chi connectivity index (χ4v) is 2.07. The van der Waals surface area contributed by atoms with Gasteiger partial charge in [-0.2, -0.15) is 0 Å². The van der Waals surface area contributed by atoms with Gasteiger partial charge in [-0.1, -0.05) is 23.2 Å². The van der Waals surface area contributed by atoms with Crippen LogP contribution in [0.5, 0.6) is 0 Å². The van der Waals surface area contributed by atoms with Crippen molar-refractivity contribution in [3.8, 4) is 0 Å². The minimum Gasteiger partial charge on any atom is -0.351 e. The molecule has 1 aromatic carbocycles. The van der Waals surface area contributed by atoms with E-state index in [9.17, 15) is 14.9 Å². The Morgan fingerprint density at radius 2 is 1.94 bits per heavy atom. The first-order valence-electron chi connectivity index (χ1n) is 3.77. The highest BCUT2D eigenvalue weighted by Gasteiger charge is 2.15. The average Bonchev–Trinajstić information content (AvgIpc) is 2.15. The Balaban J connectivity index is 3.03. The van der Waals surface area contributed by atoms with E-state index in [1.54, 1.807) is 0 Å². The number of nitrogens with one attached hydrogen (secondary N) is 1. The van der Waals surface area contributed by atoms with E-state index in [0.29, 0.717) is 4.90 Å². The molecule has 0 aliphatic rings. The molecule has 0 saturated carbocycles. The Morgan fingerprint density at radius 1 is 1.44 bits per heavy atom. The molecule has 0 radical (unpaired) electrons. The number of amides is 2. The van der Waals surface area contributed by atoms with E-state index in [0.717, 1.165) is 24.1 Å². The van der Waals surface area contributed by atoms with Crippen LogP contribution in [0.3, 0.4) is 0 Å². The SMILES string of the molecule is NC(=O)NSc1c(Cl)cc([N+](=O)[O-])cc1Cl. The van der Waals surface area contributed by atoms with Crippen molar-refractivity contribution in [2.75, 3.05) is 0 Å². The van der Waals surface area contributed by atoms with Crippen LogP contribution >= 0.6 is 35.1 Å². The summed E-state index contributed by atoms with van der Waals surface area (Å²) in [5.74, 6) is 0. The summed E-state index contributed by atoms with van der Waals surface area (Å²) in [5, 5.41) is 10.6. The number of nitro benzene ring substituents is 1. The molecule has 6 nitrogen and oxygen atoms in total. The lowest BCUT2D eigenvalue weighted by molar-refractivity contribution is -0.384. The molecule has 0 aliphatic carbocycles. The van der Waals surface area contributed by atoms with Gasteiger partial charge in [0.2, 0.25) is 0 Å². The molecule has 86 valence electrons. The van der Waals surface area contributed by atoms with Gasteiger partial charge in [0.05, 0.1) is 19.9 Å². The third-order valence-electron chi connectivity index (χ3n) is 1.45. The number of urea groups is 1. The number of nitrogens with zero attached hydrogens (tertiary/aromatic N) is 1. The van der Waals surface area contributed by atoms with Gasteiger partial charge in [-0.05, 0) is 11.9 Å². The highest BCUT2D eigenvalue weighted by Crippen LogP contribution is 2.35. The monoisotopic (exact) mass is 281 g/mol. The van der Waals surface area contributed by atoms with E-state index in [1.165, 1.54) is 0 Å². The smallest absolute Gasteiger partial charge is 0.322 e. The first kappa shape index (κ1) is 12.9. The van der Waals surface area contributed by atoms with Crippen LogP contribution in [0.2, 0.25) is 10.0 Å². The van der Waals surface area contributed by atoms with Crippen LogP contribution in [-0.4, -0.2) is 11.0 Å². The predicted octanol–water partition coefficient (Wildman–Crippen LogP) is 2.58. The lowest BCUT2D eigenvalue weighted by Gasteiger charge is -2.05. The van der Waals surface area contributed by atoms with E-state index < -0.39 is 11.0 Å². The van der Waals surface area contributed by atoms with Gasteiger partial charge in [-0.25, -0.2) is 4.79 Å². The summed E-state index contributed by atoms with van der Waals surface area (Å²) in [4.78, 5) is 20.6. The van der Waals surface area contributed by atoms with Crippen LogP contribution in [0.25, 0.3) is 0 Å². The lowest BCUT2D eigenvalue weighted by Crippen LogP contribution is -2.22. The average molecular weight is 282 g/mol. The van der Waals surface area contributed by atoms with Crippen LogP contribution in [0.15, 0.2) is 17.0 Å². The van der Waals surface area contributed by atoms with E-state index in [2.05, 4.69) is 4.72 Å². The van der Waals surface area contributed by atoms with Crippen LogP contribution in [0.1, 0.15) is 0 Å². The summed E-state index contributed by atoms with van der Waals surface area (Å²) in [7, 11) is 0. The molecule has 0 unspecified atom stereocenters. The van der Waals surface area contributed by atoms with Gasteiger partial charge >= 0.3 is 6.03 Å². The lowest BCUT2D eigenvalue weighted by atomic mass is 10.3. The molecular weight excluding hydrogens is 277 g/mol. The molecular formula is C7H5Cl2N3O3S. The van der Waals surface area contributed by atoms with Crippen molar-refractivity contribution >= 4 is 46.9 Å². The van der Waals surface area contributed by atoms with Gasteiger partial charge in [-0.3, -0.25) is 14.8 Å². The number of hydrogen-bond donors (Lipinski definition) is 2. The maximum absolute atomic E-state index is 10.5. The van der Waals surface area contributed by atoms with Crippen molar-refractivity contribution < 1.29 is 9.72 Å². The molecule has 9 heteroatoms. The maximum atomic E-state index is 10.5. The number of rotatable bonds is 3. The predicted molar refractivity (Wildman–Crippen MR) is 61.7 cm³/mol. The molecule has 0 aliphatic heterocycles. The largest absolute Gasteiger partial charge is 0.351 e. The first-order valence-corrected chi connectivity index (χ1v) is 5.34. The fourth-order valence-electron chi connectivity index (χ4n) is 0.851. The summed E-state index contributed by atoms with van der Waals surface area (Å²) < 4.78 is 2.21. The van der Waals surface area contributed by atoms with Crippen molar-refractivity contribution in [3.05, 3.63) is 32.3 Å². The minimum absolute atomic E-state index is 0.0675. The second-order valence-corrected chi connectivity index (χ2v) is 4.19. The molecule has 2 amide bonds. The van der Waals surface area contributed by atoms with Crippen molar-refractivity contribution in [1.29, 1.82) is 0 Å². The quantitative estimate of drug-likeness (QED) is 0.505. The molecule has 0 bridgehead atoms. The third kappa shape index (κ3) is 3.16. The van der Waals surface area contributed by atoms with E-state index in [1.807, 2.05) is 0 Å². The number of benzene rings is 1. The number of nitrogens with two attached hydrogens (primary N) is 1. The van der Waals surface area contributed by atoms with Crippen LogP contribution < -0.4 is 10.5 Å². The van der Waals surface area contributed by atoms with Gasteiger partial charge < -0.3 is 5.73 Å². The zero-order chi connectivity index (χ0) is 12.3. The van der Waals surface area contributed by atoms with E-state index in [4.69, 9.17) is 28.9 Å². The van der Waals surface area contributed by atoms with Crippen molar-refractivity contribution in [3.63, 3.8) is 0 Å². The topological polar surface area (TPSA) is 98.3 Å². The Hall–Kier alpha value is -1.18. The number of non-ortho nitro benzene ring substituents is 1. The van der Waals surface area contributed by atoms with Gasteiger partial charge in [-0.15, -0.1) is 0 Å². The molecule has 3 N–H and O–H groups in total. The first-order chi connectivity index (χ1) is 7.41. The van der Waals surface area contributed by atoms with E-state index in [-0.39, 0.29) is 15.7 Å². The van der Waals surface area contributed by atoms with E-state index >= 15 is 0 Å². The van der Waals surface area contributed by atoms with Gasteiger partial charge in [0.25, 0.3) is 5.69 Å². The molecule has 0 spiro atoms. The standard InChI is InChI=1S/C7H5Cl2N3O3S/c8-4-1-3(12(14)15)2-5(9)6(4)16-11-7(10)13/h1-2H,(H3,10,11,13). The zero-order valence-corrected chi connectivity index (χ0v) is 9.90. The summed E-state index contributed by atoms with van der Waals surface area (Å²) in [5.41, 5.74) is 4.63. The number of primary amides is 1. The molecule has 0 atom stereocenters. The Bertz CT molecular complexity index is 431. The summed E-state index contributed by atoms with van der Waals surface area (Å²) in [6, 6.07) is 1.51. The molecule has 0 saturated heterocycles. The Morgan fingerprint density at radius 3 is 2.31 bits per heavy atom. The number of carbonyl (C=O) groups is 1. The second-order valence-electron chi connectivity index (χ2n) is 2.56. The molecule has 1 rings (SSSR count). The maximum Gasteiger partial charge on any atom is 0.322 e. The highest BCUT2D eigenvalue weighted by molar-refractivity contribution is 7.98. The minimum atomic E-state index is -0.768. The number of hydrogen-bond acceptors (Lipinski definition) is 4. The summed E-state index contributed by atoms with van der Waals surface area (Å²) in [6.07, 6.45) is 0. The number of halogens is 2. The van der Waals surface area contributed by atoms with Gasteiger partial charge in [0.15, 0.2) is 0 Å². The van der Waals surface area contributed by atoms with Gasteiger partial charge in [0, 0.05) is 12.1 Å². The summed E-state index contributed by atoms with van der Waals surface area (Å²) in [6.45, 7) is 0. The molecule has 16 heavy (non-hydrogen) atoms. The molecule has 1 aromatic rings. The zero-order valence-electron chi connectivity index (χ0n) is 7.57. The van der Waals surface area contributed by atoms with Crippen molar-refractivity contribution in [2.45, 2.75) is 4.90 Å². The number of carbonyl (C=O) groups excluding carboxylic acids is 1. The third-order valence-corrected chi connectivity index (χ3v) is 3.22. The van der Waals surface area contributed by atoms with Crippen LogP contribution in [0.4, 0.5) is 10.5 Å². The molecule has 0 fully saturated rings. The summed E-state index contributed by atoms with van der Waals surface area (Å²) >= 11 is 12.3. The second kappa shape index (κ2) is 5.24. The van der Waals surface area contributed by atoms with Crippen LogP contribution in [0, 0.1) is 10.1 Å². The Kier molecular flexibility index (Phi) is 4.22. The Labute approximate surface area is 104 Å².